The van der Waals surface area contributed by atoms with E-state index in [1.807, 2.05) is 0 Å². The highest BCUT2D eigenvalue weighted by molar-refractivity contribution is 6.51. The smallest absolute Gasteiger partial charge is 0.234 e. The molecule has 0 radical (unpaired) electrons. The van der Waals surface area contributed by atoms with E-state index in [2.05, 4.69) is 0 Å². The minimum atomic E-state index is -0.615. The number of ketones is 4. The standard InChI is InChI=1S/C26H22O4/c1-15-16(2)22(26(30)24(28)20-13-9-6-10-14-20)18(4)17(3)21(15)25(29)23(27)19-11-7-5-8-12-19/h5-14H,1-4H3. The number of hydrogen-bond acceptors (Lipinski definition) is 4. The lowest BCUT2D eigenvalue weighted by molar-refractivity contribution is 0.0813. The molecule has 4 heteroatoms. The molecule has 0 aliphatic rings. The van der Waals surface area contributed by atoms with Crippen LogP contribution in [0, 0.1) is 27.7 Å². The Balaban J connectivity index is 2.08. The summed E-state index contributed by atoms with van der Waals surface area (Å²) in [7, 11) is 0. The second kappa shape index (κ2) is 8.37. The van der Waals surface area contributed by atoms with E-state index < -0.39 is 23.1 Å². The van der Waals surface area contributed by atoms with E-state index in [-0.39, 0.29) is 0 Å². The van der Waals surface area contributed by atoms with Crippen LogP contribution in [0.15, 0.2) is 60.7 Å². The van der Waals surface area contributed by atoms with Crippen molar-refractivity contribution in [1.82, 2.24) is 0 Å². The maximum atomic E-state index is 13.0. The van der Waals surface area contributed by atoms with E-state index in [0.717, 1.165) is 0 Å². The van der Waals surface area contributed by atoms with Crippen LogP contribution in [-0.4, -0.2) is 23.1 Å². The molecule has 0 spiro atoms. The molecule has 0 aliphatic carbocycles. The molecule has 0 atom stereocenters. The topological polar surface area (TPSA) is 68.3 Å². The Morgan fingerprint density at radius 1 is 0.433 bits per heavy atom. The van der Waals surface area contributed by atoms with Crippen LogP contribution in [0.1, 0.15) is 63.7 Å². The van der Waals surface area contributed by atoms with Gasteiger partial charge in [0.15, 0.2) is 0 Å². The van der Waals surface area contributed by atoms with E-state index in [1.165, 1.54) is 0 Å². The van der Waals surface area contributed by atoms with Crippen LogP contribution in [-0.2, 0) is 0 Å². The molecule has 0 unspecified atom stereocenters. The Labute approximate surface area is 175 Å². The summed E-state index contributed by atoms with van der Waals surface area (Å²) in [4.78, 5) is 51.5. The van der Waals surface area contributed by atoms with E-state index in [4.69, 9.17) is 0 Å². The molecule has 30 heavy (non-hydrogen) atoms. The van der Waals surface area contributed by atoms with Crippen LogP contribution < -0.4 is 0 Å². The van der Waals surface area contributed by atoms with Crippen molar-refractivity contribution < 1.29 is 19.2 Å². The number of hydrogen-bond donors (Lipinski definition) is 0. The summed E-state index contributed by atoms with van der Waals surface area (Å²) < 4.78 is 0. The van der Waals surface area contributed by atoms with Crippen molar-refractivity contribution >= 4 is 23.1 Å². The van der Waals surface area contributed by atoms with E-state index in [1.54, 1.807) is 88.4 Å². The van der Waals surface area contributed by atoms with Crippen molar-refractivity contribution in [3.05, 3.63) is 105 Å². The first-order valence-corrected chi connectivity index (χ1v) is 9.64. The first-order valence-electron chi connectivity index (χ1n) is 9.64. The monoisotopic (exact) mass is 398 g/mol. The second-order valence-corrected chi connectivity index (χ2v) is 7.30. The van der Waals surface area contributed by atoms with Gasteiger partial charge in [-0.3, -0.25) is 19.2 Å². The molecule has 0 fully saturated rings. The van der Waals surface area contributed by atoms with Crippen molar-refractivity contribution in [2.45, 2.75) is 27.7 Å². The van der Waals surface area contributed by atoms with E-state index in [0.29, 0.717) is 44.5 Å². The Hall–Kier alpha value is -3.66. The van der Waals surface area contributed by atoms with Crippen LogP contribution in [0.25, 0.3) is 0 Å². The Morgan fingerprint density at radius 3 is 0.967 bits per heavy atom. The van der Waals surface area contributed by atoms with Gasteiger partial charge in [-0.15, -0.1) is 0 Å². The Morgan fingerprint density at radius 2 is 0.700 bits per heavy atom. The first kappa shape index (κ1) is 21.1. The van der Waals surface area contributed by atoms with Crippen molar-refractivity contribution in [1.29, 1.82) is 0 Å². The molecular weight excluding hydrogens is 376 g/mol. The molecule has 0 saturated carbocycles. The lowest BCUT2D eigenvalue weighted by Crippen LogP contribution is -2.22. The number of carbonyl (C=O) groups excluding carboxylic acids is 4. The summed E-state index contributed by atoms with van der Waals surface area (Å²) in [5, 5.41) is 0. The molecule has 0 aliphatic heterocycles. The molecule has 3 aromatic carbocycles. The van der Waals surface area contributed by atoms with Crippen LogP contribution >= 0.6 is 0 Å². The van der Waals surface area contributed by atoms with Crippen LogP contribution in [0.5, 0.6) is 0 Å². The van der Waals surface area contributed by atoms with Crippen molar-refractivity contribution in [3.63, 3.8) is 0 Å². The van der Waals surface area contributed by atoms with Crippen molar-refractivity contribution in [2.75, 3.05) is 0 Å². The van der Waals surface area contributed by atoms with Gasteiger partial charge in [0.25, 0.3) is 0 Å². The molecule has 0 heterocycles. The lowest BCUT2D eigenvalue weighted by atomic mass is 9.83. The maximum absolute atomic E-state index is 13.0. The zero-order chi connectivity index (χ0) is 22.0. The molecule has 0 aromatic heterocycles. The molecule has 0 amide bonds. The number of carbonyl (C=O) groups is 4. The average Bonchev–Trinajstić information content (AvgIpc) is 2.78. The Bertz CT molecular complexity index is 1050. The minimum Gasteiger partial charge on any atom is -0.285 e. The van der Waals surface area contributed by atoms with Gasteiger partial charge in [-0.2, -0.15) is 0 Å². The molecule has 3 rings (SSSR count). The summed E-state index contributed by atoms with van der Waals surface area (Å²) in [6, 6.07) is 16.7. The van der Waals surface area contributed by atoms with Gasteiger partial charge < -0.3 is 0 Å². The summed E-state index contributed by atoms with van der Waals surface area (Å²) in [5.74, 6) is -2.42. The van der Waals surface area contributed by atoms with Crippen molar-refractivity contribution in [3.8, 4) is 0 Å². The van der Waals surface area contributed by atoms with E-state index in [9.17, 15) is 19.2 Å². The normalized spacial score (nSPS) is 10.5. The molecule has 150 valence electrons. The fourth-order valence-electron chi connectivity index (χ4n) is 3.66. The predicted molar refractivity (Wildman–Crippen MR) is 116 cm³/mol. The highest BCUT2D eigenvalue weighted by atomic mass is 16.2. The summed E-state index contributed by atoms with van der Waals surface area (Å²) in [6.45, 7) is 6.82. The quantitative estimate of drug-likeness (QED) is 0.430. The predicted octanol–water partition coefficient (Wildman–Crippen LogP) is 5.05. The zero-order valence-corrected chi connectivity index (χ0v) is 17.4. The zero-order valence-electron chi connectivity index (χ0n) is 17.4. The second-order valence-electron chi connectivity index (χ2n) is 7.30. The van der Waals surface area contributed by atoms with Gasteiger partial charge >= 0.3 is 0 Å². The third-order valence-corrected chi connectivity index (χ3v) is 5.56. The average molecular weight is 398 g/mol. The molecule has 0 saturated heterocycles. The molecule has 3 aromatic rings. The largest absolute Gasteiger partial charge is 0.285 e. The summed E-state index contributed by atoms with van der Waals surface area (Å²) in [5.41, 5.74) is 3.37. The highest BCUT2D eigenvalue weighted by Crippen LogP contribution is 2.29. The number of Topliss-reactive ketones (excluding diaryl/α,β-unsaturated/α-hetero) is 4. The highest BCUT2D eigenvalue weighted by Gasteiger charge is 2.29. The fraction of sp³-hybridized carbons (Fsp3) is 0.154. The molecule has 0 N–H and O–H groups in total. The molecule has 4 nitrogen and oxygen atoms in total. The number of benzene rings is 3. The minimum absolute atomic E-state index is 0.294. The van der Waals surface area contributed by atoms with Crippen LogP contribution in [0.2, 0.25) is 0 Å². The molecule has 0 bridgehead atoms. The molecular formula is C26H22O4. The van der Waals surface area contributed by atoms with Crippen LogP contribution in [0.4, 0.5) is 0 Å². The SMILES string of the molecule is Cc1c(C)c(C(=O)C(=O)c2ccccc2)c(C)c(C)c1C(=O)C(=O)c1ccccc1. The Kier molecular flexibility index (Phi) is 5.88. The van der Waals surface area contributed by atoms with Gasteiger partial charge in [-0.25, -0.2) is 0 Å². The van der Waals surface area contributed by atoms with Gasteiger partial charge in [-0.1, -0.05) is 60.7 Å². The van der Waals surface area contributed by atoms with Gasteiger partial charge in [-0.05, 0) is 49.9 Å². The summed E-state index contributed by atoms with van der Waals surface area (Å²) >= 11 is 0. The lowest BCUT2D eigenvalue weighted by Gasteiger charge is -2.18. The van der Waals surface area contributed by atoms with Gasteiger partial charge in [0.1, 0.15) is 0 Å². The van der Waals surface area contributed by atoms with Gasteiger partial charge in [0.2, 0.25) is 23.1 Å². The third kappa shape index (κ3) is 3.64. The third-order valence-electron chi connectivity index (χ3n) is 5.56. The first-order chi connectivity index (χ1) is 14.3. The van der Waals surface area contributed by atoms with Gasteiger partial charge in [0.05, 0.1) is 0 Å². The fourth-order valence-corrected chi connectivity index (χ4v) is 3.66. The van der Waals surface area contributed by atoms with Crippen molar-refractivity contribution in [2.24, 2.45) is 0 Å². The summed E-state index contributed by atoms with van der Waals surface area (Å²) in [6.07, 6.45) is 0. The maximum Gasteiger partial charge on any atom is 0.234 e. The van der Waals surface area contributed by atoms with E-state index >= 15 is 0 Å². The van der Waals surface area contributed by atoms with Gasteiger partial charge in [0, 0.05) is 22.3 Å². The number of rotatable bonds is 6. The van der Waals surface area contributed by atoms with Crippen LogP contribution in [0.3, 0.4) is 0 Å².